The summed E-state index contributed by atoms with van der Waals surface area (Å²) in [7, 11) is 0. The largest absolute Gasteiger partial charge is 0.494 e. The van der Waals surface area contributed by atoms with Crippen molar-refractivity contribution in [3.8, 4) is 0 Å². The van der Waals surface area contributed by atoms with E-state index in [0.717, 1.165) is 18.8 Å². The summed E-state index contributed by atoms with van der Waals surface area (Å²) in [5, 5.41) is 0. The Kier molecular flexibility index (Phi) is 31.0. The molecule has 13 heavy (non-hydrogen) atoms. The van der Waals surface area contributed by atoms with Gasteiger partial charge in [-0.2, -0.15) is 0 Å². The molecule has 78 valence electrons. The molecule has 1 nitrogen and oxygen atoms in total. The van der Waals surface area contributed by atoms with Crippen LogP contribution < -0.4 is 0 Å². The highest BCUT2D eigenvalue weighted by Crippen LogP contribution is 1.97. The third kappa shape index (κ3) is 18.2. The minimum atomic E-state index is 0.783. The standard InChI is InChI=1S/C8H14O.C2H6.C2H4/c1-4-7-9-8(5-2)6-3;2*1-2/h5-6H,2,4,7H2,1,3H3;1-2H3;1-2H2/b8-6+;;. The van der Waals surface area contributed by atoms with Crippen LogP contribution in [0.3, 0.4) is 0 Å². The zero-order valence-corrected chi connectivity index (χ0v) is 9.60. The van der Waals surface area contributed by atoms with Crippen molar-refractivity contribution in [2.45, 2.75) is 34.1 Å². The first-order chi connectivity index (χ1) is 6.35. The molecule has 0 rings (SSSR count). The topological polar surface area (TPSA) is 9.23 Å². The Hall–Kier alpha value is -0.980. The molecule has 0 aromatic heterocycles. The maximum absolute atomic E-state index is 5.23. The maximum Gasteiger partial charge on any atom is 0.114 e. The third-order valence-corrected chi connectivity index (χ3v) is 0.959. The summed E-state index contributed by atoms with van der Waals surface area (Å²) in [6, 6.07) is 0. The molecule has 0 aliphatic heterocycles. The number of rotatable bonds is 4. The van der Waals surface area contributed by atoms with Crippen molar-refractivity contribution in [3.05, 3.63) is 37.6 Å². The molecule has 0 N–H and O–H groups in total. The van der Waals surface area contributed by atoms with E-state index in [1.54, 1.807) is 6.08 Å². The molecule has 0 unspecified atom stereocenters. The fourth-order valence-corrected chi connectivity index (χ4v) is 0.480. The van der Waals surface area contributed by atoms with Crippen molar-refractivity contribution in [2.75, 3.05) is 6.61 Å². The molecule has 0 aromatic carbocycles. The van der Waals surface area contributed by atoms with E-state index in [1.165, 1.54) is 0 Å². The van der Waals surface area contributed by atoms with Crippen molar-refractivity contribution in [2.24, 2.45) is 0 Å². The Balaban J connectivity index is -0.000000218. The van der Waals surface area contributed by atoms with Gasteiger partial charge in [0.15, 0.2) is 0 Å². The normalized spacial score (nSPS) is 8.46. The van der Waals surface area contributed by atoms with E-state index in [-0.39, 0.29) is 0 Å². The summed E-state index contributed by atoms with van der Waals surface area (Å²) in [6.07, 6.45) is 4.67. The Morgan fingerprint density at radius 3 is 2.00 bits per heavy atom. The predicted molar refractivity (Wildman–Crippen MR) is 62.8 cm³/mol. The molecule has 0 atom stereocenters. The lowest BCUT2D eigenvalue weighted by Crippen LogP contribution is -1.89. The molecule has 0 heterocycles. The minimum Gasteiger partial charge on any atom is -0.494 e. The fraction of sp³-hybridized carbons (Fsp3) is 0.500. The van der Waals surface area contributed by atoms with Crippen LogP contribution in [0.25, 0.3) is 0 Å². The number of ether oxygens (including phenoxy) is 1. The summed E-state index contributed by atoms with van der Waals surface area (Å²) >= 11 is 0. The van der Waals surface area contributed by atoms with Crippen LogP contribution in [-0.4, -0.2) is 6.61 Å². The molecule has 0 amide bonds. The SMILES string of the molecule is C=C.C=C/C(=C\C)OCCC.CC. The first-order valence-corrected chi connectivity index (χ1v) is 4.76. The molecular formula is C12H24O. The lowest BCUT2D eigenvalue weighted by atomic mass is 10.4. The lowest BCUT2D eigenvalue weighted by molar-refractivity contribution is 0.224. The van der Waals surface area contributed by atoms with Crippen LogP contribution in [0.15, 0.2) is 37.6 Å². The Morgan fingerprint density at radius 2 is 1.77 bits per heavy atom. The number of allylic oxidation sites excluding steroid dienone is 2. The van der Waals surface area contributed by atoms with Gasteiger partial charge >= 0.3 is 0 Å². The van der Waals surface area contributed by atoms with Crippen LogP contribution in [0, 0.1) is 0 Å². The van der Waals surface area contributed by atoms with Crippen molar-refractivity contribution in [1.82, 2.24) is 0 Å². The molecule has 0 aliphatic rings. The second-order valence-electron chi connectivity index (χ2n) is 1.74. The fourth-order valence-electron chi connectivity index (χ4n) is 0.480. The second kappa shape index (κ2) is 22.5. The Bertz CT molecular complexity index is 114. The molecule has 0 saturated heterocycles. The molecule has 0 radical (unpaired) electrons. The minimum absolute atomic E-state index is 0.783. The van der Waals surface area contributed by atoms with Gasteiger partial charge in [0.1, 0.15) is 5.76 Å². The van der Waals surface area contributed by atoms with Gasteiger partial charge in [-0.1, -0.05) is 27.4 Å². The van der Waals surface area contributed by atoms with Gasteiger partial charge in [0.05, 0.1) is 6.61 Å². The van der Waals surface area contributed by atoms with Gasteiger partial charge in [-0.05, 0) is 25.5 Å². The average molecular weight is 184 g/mol. The highest BCUT2D eigenvalue weighted by Gasteiger charge is 1.85. The maximum atomic E-state index is 5.23. The van der Waals surface area contributed by atoms with Crippen LogP contribution in [-0.2, 0) is 4.74 Å². The van der Waals surface area contributed by atoms with Crippen LogP contribution in [0.1, 0.15) is 34.1 Å². The van der Waals surface area contributed by atoms with Gasteiger partial charge < -0.3 is 4.74 Å². The lowest BCUT2D eigenvalue weighted by Gasteiger charge is -2.02. The zero-order valence-electron chi connectivity index (χ0n) is 9.60. The van der Waals surface area contributed by atoms with Gasteiger partial charge in [-0.25, -0.2) is 0 Å². The molecule has 0 fully saturated rings. The second-order valence-corrected chi connectivity index (χ2v) is 1.74. The first-order valence-electron chi connectivity index (χ1n) is 4.76. The molecular weight excluding hydrogens is 160 g/mol. The molecule has 0 spiro atoms. The highest BCUT2D eigenvalue weighted by molar-refractivity contribution is 5.06. The van der Waals surface area contributed by atoms with E-state index in [4.69, 9.17) is 4.74 Å². The van der Waals surface area contributed by atoms with Gasteiger partial charge in [0.25, 0.3) is 0 Å². The molecule has 1 heteroatoms. The van der Waals surface area contributed by atoms with Gasteiger partial charge in [-0.15, -0.1) is 13.2 Å². The van der Waals surface area contributed by atoms with Crippen LogP contribution in [0.2, 0.25) is 0 Å². The monoisotopic (exact) mass is 184 g/mol. The zero-order chi connectivity index (χ0) is 11.1. The molecule has 0 bridgehead atoms. The molecule has 0 aliphatic carbocycles. The van der Waals surface area contributed by atoms with Crippen LogP contribution >= 0.6 is 0 Å². The van der Waals surface area contributed by atoms with E-state index in [0.29, 0.717) is 0 Å². The average Bonchev–Trinajstić information content (AvgIpc) is 2.25. The van der Waals surface area contributed by atoms with E-state index < -0.39 is 0 Å². The summed E-state index contributed by atoms with van der Waals surface area (Å²) in [5.74, 6) is 0.872. The van der Waals surface area contributed by atoms with Crippen molar-refractivity contribution in [3.63, 3.8) is 0 Å². The predicted octanol–water partition coefficient (Wildman–Crippen LogP) is 4.33. The first kappa shape index (κ1) is 17.9. The number of hydrogen-bond donors (Lipinski definition) is 0. The quantitative estimate of drug-likeness (QED) is 0.359. The summed E-state index contributed by atoms with van der Waals surface area (Å²) in [5.41, 5.74) is 0. The molecule has 0 saturated carbocycles. The van der Waals surface area contributed by atoms with Gasteiger partial charge in [0.2, 0.25) is 0 Å². The molecule has 0 aromatic rings. The Morgan fingerprint density at radius 1 is 1.31 bits per heavy atom. The Labute approximate surface area is 83.8 Å². The van der Waals surface area contributed by atoms with Crippen molar-refractivity contribution >= 4 is 0 Å². The van der Waals surface area contributed by atoms with Gasteiger partial charge in [-0.3, -0.25) is 0 Å². The summed E-state index contributed by atoms with van der Waals surface area (Å²) < 4.78 is 5.23. The smallest absolute Gasteiger partial charge is 0.114 e. The summed E-state index contributed by atoms with van der Waals surface area (Å²) in [6.45, 7) is 18.4. The number of hydrogen-bond acceptors (Lipinski definition) is 1. The van der Waals surface area contributed by atoms with Crippen molar-refractivity contribution < 1.29 is 4.74 Å². The summed E-state index contributed by atoms with van der Waals surface area (Å²) in [4.78, 5) is 0. The highest BCUT2D eigenvalue weighted by atomic mass is 16.5. The van der Waals surface area contributed by atoms with Crippen molar-refractivity contribution in [1.29, 1.82) is 0 Å². The third-order valence-electron chi connectivity index (χ3n) is 0.959. The van der Waals surface area contributed by atoms with Gasteiger partial charge in [0, 0.05) is 0 Å². The van der Waals surface area contributed by atoms with E-state index in [9.17, 15) is 0 Å². The van der Waals surface area contributed by atoms with E-state index in [2.05, 4.69) is 26.7 Å². The van der Waals surface area contributed by atoms with E-state index >= 15 is 0 Å². The van der Waals surface area contributed by atoms with Crippen LogP contribution in [0.4, 0.5) is 0 Å². The van der Waals surface area contributed by atoms with E-state index in [1.807, 2.05) is 26.8 Å². The van der Waals surface area contributed by atoms with Crippen LogP contribution in [0.5, 0.6) is 0 Å².